The second kappa shape index (κ2) is 10.7. The standard InChI is InChI=1S/C24H25N5O6S/c1-13(2)20(26-22(31)15-6-9-17-18(10-15)35-12-34-17)21-27-28-24(29(21)3)36-11-19(30)25-16-7-4-14(5-8-16)23(32)33/h4-10,13,20H,11-12H2,1-3H3,(H,25,30)(H,26,31)(H,32,33). The van der Waals surface area contributed by atoms with Gasteiger partial charge in [0.15, 0.2) is 22.5 Å². The third-order valence-corrected chi connectivity index (χ3v) is 6.50. The maximum absolute atomic E-state index is 12.9. The van der Waals surface area contributed by atoms with Crippen molar-refractivity contribution >= 4 is 35.2 Å². The van der Waals surface area contributed by atoms with E-state index < -0.39 is 12.0 Å². The van der Waals surface area contributed by atoms with Crippen molar-refractivity contribution in [1.82, 2.24) is 20.1 Å². The minimum Gasteiger partial charge on any atom is -0.478 e. The van der Waals surface area contributed by atoms with Gasteiger partial charge < -0.3 is 29.8 Å². The van der Waals surface area contributed by atoms with Gasteiger partial charge >= 0.3 is 5.97 Å². The van der Waals surface area contributed by atoms with E-state index >= 15 is 0 Å². The first-order chi connectivity index (χ1) is 17.2. The lowest BCUT2D eigenvalue weighted by atomic mass is 10.0. The number of nitrogens with zero attached hydrogens (tertiary/aromatic N) is 3. The third kappa shape index (κ3) is 5.60. The summed E-state index contributed by atoms with van der Waals surface area (Å²) in [5, 5.41) is 23.7. The fourth-order valence-corrected chi connectivity index (χ4v) is 4.26. The Balaban J connectivity index is 1.39. The fourth-order valence-electron chi connectivity index (χ4n) is 3.54. The number of anilines is 1. The zero-order valence-corrected chi connectivity index (χ0v) is 20.7. The summed E-state index contributed by atoms with van der Waals surface area (Å²) >= 11 is 1.20. The van der Waals surface area contributed by atoms with Crippen molar-refractivity contribution in [3.05, 3.63) is 59.4 Å². The summed E-state index contributed by atoms with van der Waals surface area (Å²) in [5.74, 6) is 0.185. The van der Waals surface area contributed by atoms with Crippen LogP contribution in [-0.2, 0) is 11.8 Å². The van der Waals surface area contributed by atoms with Gasteiger partial charge in [0.05, 0.1) is 17.4 Å². The highest BCUT2D eigenvalue weighted by molar-refractivity contribution is 7.99. The van der Waals surface area contributed by atoms with E-state index in [2.05, 4.69) is 20.8 Å². The number of rotatable bonds is 9. The molecular weight excluding hydrogens is 486 g/mol. The molecule has 2 amide bonds. The summed E-state index contributed by atoms with van der Waals surface area (Å²) in [6.45, 7) is 4.06. The van der Waals surface area contributed by atoms with Crippen molar-refractivity contribution in [2.45, 2.75) is 25.0 Å². The molecule has 2 aromatic carbocycles. The van der Waals surface area contributed by atoms with Crippen molar-refractivity contribution < 1.29 is 29.0 Å². The molecule has 188 valence electrons. The first kappa shape index (κ1) is 25.0. The molecule has 3 N–H and O–H groups in total. The van der Waals surface area contributed by atoms with Crippen LogP contribution in [0.3, 0.4) is 0 Å². The van der Waals surface area contributed by atoms with Crippen molar-refractivity contribution in [2.75, 3.05) is 17.9 Å². The number of nitrogens with one attached hydrogen (secondary N) is 2. The van der Waals surface area contributed by atoms with E-state index in [0.29, 0.717) is 33.7 Å². The number of ether oxygens (including phenoxy) is 2. The van der Waals surface area contributed by atoms with E-state index in [4.69, 9.17) is 14.6 Å². The molecule has 1 aromatic heterocycles. The number of carbonyl (C=O) groups is 3. The summed E-state index contributed by atoms with van der Waals surface area (Å²) in [4.78, 5) is 36.3. The largest absolute Gasteiger partial charge is 0.478 e. The van der Waals surface area contributed by atoms with Gasteiger partial charge in [-0.05, 0) is 48.4 Å². The number of hydrogen-bond donors (Lipinski definition) is 3. The number of aromatic carboxylic acids is 1. The van der Waals surface area contributed by atoms with Crippen LogP contribution in [0.2, 0.25) is 0 Å². The summed E-state index contributed by atoms with van der Waals surface area (Å²) in [6.07, 6.45) is 0. The van der Waals surface area contributed by atoms with E-state index in [0.717, 1.165) is 0 Å². The molecule has 36 heavy (non-hydrogen) atoms. The van der Waals surface area contributed by atoms with Crippen LogP contribution in [0.5, 0.6) is 11.5 Å². The van der Waals surface area contributed by atoms with Crippen LogP contribution in [0.15, 0.2) is 47.6 Å². The molecule has 0 fully saturated rings. The molecule has 2 heterocycles. The zero-order valence-electron chi connectivity index (χ0n) is 19.8. The molecule has 11 nitrogen and oxygen atoms in total. The van der Waals surface area contributed by atoms with Gasteiger partial charge in [-0.3, -0.25) is 9.59 Å². The number of hydrogen-bond acceptors (Lipinski definition) is 8. The van der Waals surface area contributed by atoms with E-state index in [1.165, 1.54) is 36.0 Å². The summed E-state index contributed by atoms with van der Waals surface area (Å²) in [5.41, 5.74) is 1.07. The average molecular weight is 512 g/mol. The first-order valence-electron chi connectivity index (χ1n) is 11.1. The molecule has 1 unspecified atom stereocenters. The smallest absolute Gasteiger partial charge is 0.335 e. The van der Waals surface area contributed by atoms with E-state index in [9.17, 15) is 14.4 Å². The Morgan fingerprint density at radius 2 is 1.75 bits per heavy atom. The SMILES string of the molecule is CC(C)C(NC(=O)c1ccc2c(c1)OCO2)c1nnc(SCC(=O)Nc2ccc(C(=O)O)cc2)n1C. The Labute approximate surface area is 211 Å². The van der Waals surface area contributed by atoms with Gasteiger partial charge in [0, 0.05) is 18.3 Å². The zero-order chi connectivity index (χ0) is 25.8. The number of aromatic nitrogens is 3. The molecule has 12 heteroatoms. The van der Waals surface area contributed by atoms with Crippen molar-refractivity contribution in [1.29, 1.82) is 0 Å². The predicted octanol–water partition coefficient (Wildman–Crippen LogP) is 3.10. The highest BCUT2D eigenvalue weighted by atomic mass is 32.2. The minimum absolute atomic E-state index is 0.0146. The second-order valence-corrected chi connectivity index (χ2v) is 9.32. The number of amides is 2. The molecular formula is C24H25N5O6S. The molecule has 4 rings (SSSR count). The Morgan fingerprint density at radius 3 is 2.44 bits per heavy atom. The van der Waals surface area contributed by atoms with Gasteiger partial charge in [-0.25, -0.2) is 4.79 Å². The number of benzene rings is 2. The fraction of sp³-hybridized carbons (Fsp3) is 0.292. The van der Waals surface area contributed by atoms with Gasteiger partial charge in [-0.1, -0.05) is 25.6 Å². The maximum Gasteiger partial charge on any atom is 0.335 e. The monoisotopic (exact) mass is 511 g/mol. The maximum atomic E-state index is 12.9. The van der Waals surface area contributed by atoms with Crippen molar-refractivity contribution in [3.63, 3.8) is 0 Å². The first-order valence-corrected chi connectivity index (χ1v) is 12.1. The molecule has 1 aliphatic rings. The van der Waals surface area contributed by atoms with Gasteiger partial charge in [-0.15, -0.1) is 10.2 Å². The van der Waals surface area contributed by atoms with E-state index in [1.807, 2.05) is 13.8 Å². The molecule has 0 radical (unpaired) electrons. The van der Waals surface area contributed by atoms with Crippen LogP contribution in [0, 0.1) is 5.92 Å². The van der Waals surface area contributed by atoms with Gasteiger partial charge in [-0.2, -0.15) is 0 Å². The van der Waals surface area contributed by atoms with Gasteiger partial charge in [0.1, 0.15) is 0 Å². The summed E-state index contributed by atoms with van der Waals surface area (Å²) in [7, 11) is 1.78. The number of thioether (sulfide) groups is 1. The van der Waals surface area contributed by atoms with Gasteiger partial charge in [0.2, 0.25) is 12.7 Å². The minimum atomic E-state index is -1.03. The number of carboxylic acid groups (broad SMARTS) is 1. The number of fused-ring (bicyclic) bond motifs is 1. The lowest BCUT2D eigenvalue weighted by molar-refractivity contribution is -0.113. The van der Waals surface area contributed by atoms with E-state index in [-0.39, 0.29) is 35.8 Å². The summed E-state index contributed by atoms with van der Waals surface area (Å²) in [6, 6.07) is 10.5. The second-order valence-electron chi connectivity index (χ2n) is 8.38. The Hall–Kier alpha value is -4.06. The molecule has 1 aliphatic heterocycles. The Morgan fingerprint density at radius 1 is 1.06 bits per heavy atom. The normalized spacial score (nSPS) is 12.9. The van der Waals surface area contributed by atoms with Crippen molar-refractivity contribution in [2.24, 2.45) is 13.0 Å². The van der Waals surface area contributed by atoms with Crippen LogP contribution < -0.4 is 20.1 Å². The van der Waals surface area contributed by atoms with Crippen LogP contribution in [-0.4, -0.2) is 50.2 Å². The Bertz CT molecular complexity index is 1290. The lowest BCUT2D eigenvalue weighted by Gasteiger charge is -2.21. The van der Waals surface area contributed by atoms with E-state index in [1.54, 1.807) is 29.8 Å². The van der Waals surface area contributed by atoms with Crippen molar-refractivity contribution in [3.8, 4) is 11.5 Å². The quantitative estimate of drug-likeness (QED) is 0.369. The average Bonchev–Trinajstić information content (AvgIpc) is 3.47. The van der Waals surface area contributed by atoms with Crippen LogP contribution >= 0.6 is 11.8 Å². The molecule has 0 saturated carbocycles. The topological polar surface area (TPSA) is 145 Å². The van der Waals surface area contributed by atoms with Crippen LogP contribution in [0.1, 0.15) is 46.4 Å². The molecule has 0 spiro atoms. The molecule has 0 aliphatic carbocycles. The third-order valence-electron chi connectivity index (χ3n) is 5.48. The highest BCUT2D eigenvalue weighted by Gasteiger charge is 2.26. The Kier molecular flexibility index (Phi) is 7.44. The molecule has 1 atom stereocenters. The van der Waals surface area contributed by atoms with Gasteiger partial charge in [0.25, 0.3) is 5.91 Å². The number of carbonyl (C=O) groups excluding carboxylic acids is 2. The molecule has 0 bridgehead atoms. The summed E-state index contributed by atoms with van der Waals surface area (Å²) < 4.78 is 12.4. The lowest BCUT2D eigenvalue weighted by Crippen LogP contribution is -2.33. The number of carboxylic acids is 1. The highest BCUT2D eigenvalue weighted by Crippen LogP contribution is 2.33. The molecule has 3 aromatic rings. The van der Waals surface area contributed by atoms with Crippen LogP contribution in [0.25, 0.3) is 0 Å². The van der Waals surface area contributed by atoms with Crippen LogP contribution in [0.4, 0.5) is 5.69 Å². The predicted molar refractivity (Wildman–Crippen MR) is 131 cm³/mol. The molecule has 0 saturated heterocycles.